The summed E-state index contributed by atoms with van der Waals surface area (Å²) in [7, 11) is -3.26. The molecule has 0 aromatic carbocycles. The lowest BCUT2D eigenvalue weighted by Gasteiger charge is -2.23. The lowest BCUT2D eigenvalue weighted by atomic mass is 10.2. The maximum absolute atomic E-state index is 11.8. The van der Waals surface area contributed by atoms with Gasteiger partial charge in [0.15, 0.2) is 0 Å². The van der Waals surface area contributed by atoms with E-state index >= 15 is 0 Å². The number of sulfonamides is 1. The van der Waals surface area contributed by atoms with Gasteiger partial charge in [0.2, 0.25) is 10.0 Å². The first-order valence-corrected chi connectivity index (χ1v) is 6.39. The van der Waals surface area contributed by atoms with Gasteiger partial charge in [-0.05, 0) is 33.6 Å². The van der Waals surface area contributed by atoms with Crippen molar-refractivity contribution in [3.05, 3.63) is 0 Å². The van der Waals surface area contributed by atoms with Crippen LogP contribution >= 0.6 is 0 Å². The Bertz CT molecular complexity index is 321. The maximum Gasteiger partial charge on any atom is 0.217 e. The summed E-state index contributed by atoms with van der Waals surface area (Å²) in [5.41, 5.74) is 0. The van der Waals surface area contributed by atoms with E-state index in [1.807, 2.05) is 0 Å². The zero-order valence-electron chi connectivity index (χ0n) is 8.86. The number of nitrogens with zero attached hydrogens (tertiary/aromatic N) is 1. The number of ketones is 1. The summed E-state index contributed by atoms with van der Waals surface area (Å²) in [6, 6.07) is -0.414. The Morgan fingerprint density at radius 1 is 1.43 bits per heavy atom. The van der Waals surface area contributed by atoms with Crippen molar-refractivity contribution in [2.24, 2.45) is 0 Å². The molecular weight excluding hydrogens is 202 g/mol. The largest absolute Gasteiger partial charge is 0.298 e. The molecule has 0 bridgehead atoms. The average Bonchev–Trinajstić information content (AvgIpc) is 2.51. The molecule has 1 unspecified atom stereocenters. The summed E-state index contributed by atoms with van der Waals surface area (Å²) >= 11 is 0. The van der Waals surface area contributed by atoms with Gasteiger partial charge in [-0.1, -0.05) is 0 Å². The summed E-state index contributed by atoms with van der Waals surface area (Å²) in [6.07, 6.45) is 1.46. The molecule has 0 spiro atoms. The Labute approximate surface area is 85.3 Å². The fraction of sp³-hybridized carbons (Fsp3) is 0.889. The second-order valence-electron chi connectivity index (χ2n) is 3.97. The molecule has 0 aliphatic carbocycles. The van der Waals surface area contributed by atoms with Crippen LogP contribution in [0.2, 0.25) is 0 Å². The lowest BCUT2D eigenvalue weighted by Crippen LogP contribution is -2.42. The summed E-state index contributed by atoms with van der Waals surface area (Å²) in [5, 5.41) is -0.442. The van der Waals surface area contributed by atoms with E-state index in [1.54, 1.807) is 13.8 Å². The number of hydrogen-bond donors (Lipinski definition) is 0. The van der Waals surface area contributed by atoms with Crippen LogP contribution < -0.4 is 0 Å². The van der Waals surface area contributed by atoms with Gasteiger partial charge in [-0.25, -0.2) is 8.42 Å². The Morgan fingerprint density at radius 2 is 2.00 bits per heavy atom. The quantitative estimate of drug-likeness (QED) is 0.704. The Hall–Kier alpha value is -0.420. The summed E-state index contributed by atoms with van der Waals surface area (Å²) in [5.74, 6) is -0.0493. The predicted molar refractivity (Wildman–Crippen MR) is 54.5 cm³/mol. The van der Waals surface area contributed by atoms with Gasteiger partial charge in [-0.15, -0.1) is 0 Å². The van der Waals surface area contributed by atoms with E-state index in [1.165, 1.54) is 11.2 Å². The second kappa shape index (κ2) is 3.98. The van der Waals surface area contributed by atoms with Crippen LogP contribution in [0.4, 0.5) is 0 Å². The molecule has 5 heteroatoms. The van der Waals surface area contributed by atoms with Crippen molar-refractivity contribution in [3.63, 3.8) is 0 Å². The highest BCUT2D eigenvalue weighted by Crippen LogP contribution is 2.23. The van der Waals surface area contributed by atoms with Crippen molar-refractivity contribution in [1.29, 1.82) is 0 Å². The molecule has 1 heterocycles. The predicted octanol–water partition coefficient (Wildman–Crippen LogP) is 0.778. The van der Waals surface area contributed by atoms with Crippen LogP contribution in [0, 0.1) is 0 Å². The number of carbonyl (C=O) groups is 1. The summed E-state index contributed by atoms with van der Waals surface area (Å²) in [4.78, 5) is 11.2. The molecule has 1 rings (SSSR count). The fourth-order valence-electron chi connectivity index (χ4n) is 1.72. The van der Waals surface area contributed by atoms with Gasteiger partial charge >= 0.3 is 0 Å². The van der Waals surface area contributed by atoms with E-state index in [0.29, 0.717) is 13.0 Å². The van der Waals surface area contributed by atoms with Gasteiger partial charge < -0.3 is 0 Å². The number of rotatable bonds is 3. The van der Waals surface area contributed by atoms with Crippen molar-refractivity contribution in [1.82, 2.24) is 4.31 Å². The standard InChI is InChI=1S/C9H17NO3S/c1-7(2)14(12,13)10-6-4-5-9(10)8(3)11/h7,9H,4-6H2,1-3H3. The van der Waals surface area contributed by atoms with E-state index < -0.39 is 21.3 Å². The Kier molecular flexibility index (Phi) is 3.32. The van der Waals surface area contributed by atoms with Crippen LogP contribution in [-0.4, -0.2) is 36.3 Å². The fourth-order valence-corrected chi connectivity index (χ4v) is 3.26. The first kappa shape index (κ1) is 11.7. The first-order valence-electron chi connectivity index (χ1n) is 4.88. The lowest BCUT2D eigenvalue weighted by molar-refractivity contribution is -0.119. The third-order valence-corrected chi connectivity index (χ3v) is 4.88. The molecule has 0 aromatic rings. The third-order valence-electron chi connectivity index (χ3n) is 2.60. The summed E-state index contributed by atoms with van der Waals surface area (Å²) in [6.45, 7) is 5.24. The minimum Gasteiger partial charge on any atom is -0.298 e. The van der Waals surface area contributed by atoms with Crippen LogP contribution in [0.5, 0.6) is 0 Å². The third kappa shape index (κ3) is 1.98. The van der Waals surface area contributed by atoms with Crippen molar-refractivity contribution in [3.8, 4) is 0 Å². The molecule has 1 aliphatic heterocycles. The average molecular weight is 219 g/mol. The second-order valence-corrected chi connectivity index (χ2v) is 6.41. The highest BCUT2D eigenvalue weighted by molar-refractivity contribution is 7.89. The molecule has 0 amide bonds. The van der Waals surface area contributed by atoms with Gasteiger partial charge in [0.1, 0.15) is 5.78 Å². The number of hydrogen-bond acceptors (Lipinski definition) is 3. The Balaban J connectivity index is 2.93. The molecule has 1 fully saturated rings. The molecule has 4 nitrogen and oxygen atoms in total. The highest BCUT2D eigenvalue weighted by Gasteiger charge is 2.37. The van der Waals surface area contributed by atoms with Crippen LogP contribution in [0.25, 0.3) is 0 Å². The van der Waals surface area contributed by atoms with Crippen LogP contribution in [0.15, 0.2) is 0 Å². The van der Waals surface area contributed by atoms with Gasteiger partial charge in [-0.2, -0.15) is 4.31 Å². The topological polar surface area (TPSA) is 54.5 Å². The van der Waals surface area contributed by atoms with E-state index in [-0.39, 0.29) is 5.78 Å². The summed E-state index contributed by atoms with van der Waals surface area (Å²) < 4.78 is 25.0. The van der Waals surface area contributed by atoms with Crippen molar-refractivity contribution in [2.45, 2.75) is 44.9 Å². The Morgan fingerprint density at radius 3 is 2.43 bits per heavy atom. The minimum atomic E-state index is -3.26. The monoisotopic (exact) mass is 219 g/mol. The zero-order valence-corrected chi connectivity index (χ0v) is 9.67. The van der Waals surface area contributed by atoms with Crippen molar-refractivity contribution >= 4 is 15.8 Å². The molecule has 0 radical (unpaired) electrons. The molecule has 0 N–H and O–H groups in total. The van der Waals surface area contributed by atoms with Gasteiger partial charge in [-0.3, -0.25) is 4.79 Å². The molecule has 0 aromatic heterocycles. The highest BCUT2D eigenvalue weighted by atomic mass is 32.2. The molecule has 1 saturated heterocycles. The van der Waals surface area contributed by atoms with Gasteiger partial charge in [0.05, 0.1) is 11.3 Å². The van der Waals surface area contributed by atoms with Crippen LogP contribution in [0.1, 0.15) is 33.6 Å². The molecule has 1 atom stereocenters. The van der Waals surface area contributed by atoms with Crippen LogP contribution in [0.3, 0.4) is 0 Å². The van der Waals surface area contributed by atoms with E-state index in [9.17, 15) is 13.2 Å². The molecule has 1 aliphatic rings. The SMILES string of the molecule is CC(=O)C1CCCN1S(=O)(=O)C(C)C. The van der Waals surface area contributed by atoms with E-state index in [0.717, 1.165) is 6.42 Å². The zero-order chi connectivity index (χ0) is 10.9. The van der Waals surface area contributed by atoms with E-state index in [4.69, 9.17) is 0 Å². The first-order chi connectivity index (χ1) is 6.37. The molecule has 82 valence electrons. The van der Waals surface area contributed by atoms with E-state index in [2.05, 4.69) is 0 Å². The number of carbonyl (C=O) groups excluding carboxylic acids is 1. The molecule has 14 heavy (non-hydrogen) atoms. The van der Waals surface area contributed by atoms with Crippen LogP contribution in [-0.2, 0) is 14.8 Å². The molecule has 0 saturated carbocycles. The normalized spacial score (nSPS) is 24.4. The van der Waals surface area contributed by atoms with Crippen molar-refractivity contribution < 1.29 is 13.2 Å². The van der Waals surface area contributed by atoms with Gasteiger partial charge in [0.25, 0.3) is 0 Å². The van der Waals surface area contributed by atoms with Gasteiger partial charge in [0, 0.05) is 6.54 Å². The minimum absolute atomic E-state index is 0.0493. The number of Topliss-reactive ketones (excluding diaryl/α,β-unsaturated/α-hetero) is 1. The smallest absolute Gasteiger partial charge is 0.217 e. The van der Waals surface area contributed by atoms with Crippen molar-refractivity contribution in [2.75, 3.05) is 6.54 Å². The maximum atomic E-state index is 11.8. The molecular formula is C9H17NO3S.